The quantitative estimate of drug-likeness (QED) is 0.217. The molecule has 1 heterocycles. The first kappa shape index (κ1) is 26.3. The minimum absolute atomic E-state index is 0.0309. The number of carbonyl (C=O) groups is 3. The molecule has 37 heavy (non-hydrogen) atoms. The molecule has 0 radical (unpaired) electrons. The lowest BCUT2D eigenvalue weighted by Crippen LogP contribution is -2.54. The van der Waals surface area contributed by atoms with E-state index in [1.165, 1.54) is 37.5 Å². The van der Waals surface area contributed by atoms with E-state index in [0.717, 1.165) is 10.5 Å². The molecule has 1 aliphatic rings. The third kappa shape index (κ3) is 5.66. The Labute approximate surface area is 230 Å². The maximum atomic E-state index is 13.3. The summed E-state index contributed by atoms with van der Waals surface area (Å²) in [6, 6.07) is 16.3. The maximum Gasteiger partial charge on any atom is 0.335 e. The van der Waals surface area contributed by atoms with Crippen LogP contribution in [0.4, 0.5) is 5.69 Å². The van der Waals surface area contributed by atoms with Crippen molar-refractivity contribution in [1.82, 2.24) is 5.32 Å². The maximum absolute atomic E-state index is 13.3. The van der Waals surface area contributed by atoms with E-state index in [4.69, 9.17) is 33.3 Å². The van der Waals surface area contributed by atoms with Gasteiger partial charge in [0.15, 0.2) is 16.6 Å². The highest BCUT2D eigenvalue weighted by Gasteiger charge is 2.35. The summed E-state index contributed by atoms with van der Waals surface area (Å²) in [5.41, 5.74) is 1.24. The number of anilines is 1. The summed E-state index contributed by atoms with van der Waals surface area (Å²) in [6.07, 6.45) is 1.39. The number of nitrogens with zero attached hydrogens (tertiary/aromatic N) is 1. The minimum atomic E-state index is -1.16. The van der Waals surface area contributed by atoms with Crippen molar-refractivity contribution in [2.45, 2.75) is 6.61 Å². The molecule has 3 aromatic carbocycles. The Balaban J connectivity index is 1.66. The summed E-state index contributed by atoms with van der Waals surface area (Å²) in [5, 5.41) is 12.2. The van der Waals surface area contributed by atoms with Crippen LogP contribution in [0.1, 0.15) is 21.5 Å². The van der Waals surface area contributed by atoms with Gasteiger partial charge in [-0.05, 0) is 76.2 Å². The van der Waals surface area contributed by atoms with Gasteiger partial charge in [0, 0.05) is 10.6 Å². The van der Waals surface area contributed by atoms with E-state index in [-0.39, 0.29) is 28.5 Å². The van der Waals surface area contributed by atoms with Crippen LogP contribution in [0, 0.1) is 0 Å². The van der Waals surface area contributed by atoms with Crippen LogP contribution in [-0.4, -0.2) is 35.1 Å². The molecule has 0 bridgehead atoms. The molecule has 1 saturated heterocycles. The summed E-state index contributed by atoms with van der Waals surface area (Å²) in [6.45, 7) is 0.192. The molecule has 11 heteroatoms. The van der Waals surface area contributed by atoms with E-state index >= 15 is 0 Å². The number of rotatable bonds is 7. The molecular formula is C26H18BrClN2O6S. The van der Waals surface area contributed by atoms with Crippen LogP contribution in [0.3, 0.4) is 0 Å². The summed E-state index contributed by atoms with van der Waals surface area (Å²) in [4.78, 5) is 38.4. The van der Waals surface area contributed by atoms with Gasteiger partial charge in [-0.2, -0.15) is 0 Å². The first-order valence-electron chi connectivity index (χ1n) is 10.7. The molecule has 3 aromatic rings. The molecule has 8 nitrogen and oxygen atoms in total. The van der Waals surface area contributed by atoms with Crippen LogP contribution in [0.25, 0.3) is 6.08 Å². The minimum Gasteiger partial charge on any atom is -0.493 e. The SMILES string of the molecule is COc1cc(C=C2C(=O)NC(=S)N(c3cccc(C(=O)O)c3)C2=O)cc(Br)c1OCc1ccccc1Cl. The molecule has 0 aromatic heterocycles. The van der Waals surface area contributed by atoms with E-state index in [0.29, 0.717) is 26.6 Å². The lowest BCUT2D eigenvalue weighted by molar-refractivity contribution is -0.122. The number of thiocarbonyl (C=S) groups is 1. The third-order valence-corrected chi connectivity index (χ3v) is 6.59. The van der Waals surface area contributed by atoms with Crippen LogP contribution in [0.2, 0.25) is 5.02 Å². The second kappa shape index (κ2) is 11.1. The molecule has 1 aliphatic heterocycles. The number of amides is 2. The molecule has 188 valence electrons. The van der Waals surface area contributed by atoms with E-state index in [1.807, 2.05) is 18.2 Å². The number of halogens is 2. The molecule has 4 rings (SSSR count). The van der Waals surface area contributed by atoms with Crippen molar-refractivity contribution in [3.63, 3.8) is 0 Å². The van der Waals surface area contributed by atoms with Gasteiger partial charge in [-0.1, -0.05) is 35.9 Å². The first-order valence-corrected chi connectivity index (χ1v) is 12.3. The lowest BCUT2D eigenvalue weighted by Gasteiger charge is -2.29. The standard InChI is InChI=1S/C26H18BrClN2O6S/c1-35-21-11-14(10-19(27)22(21)36-13-16-5-2-3-8-20(16)28)9-18-23(31)29-26(37)30(24(18)32)17-7-4-6-15(12-17)25(33)34/h2-12H,13H2,1H3,(H,33,34)(H,29,31,37). The number of carbonyl (C=O) groups excluding carboxylic acids is 2. The van der Waals surface area contributed by atoms with Crippen LogP contribution in [-0.2, 0) is 16.2 Å². The van der Waals surface area contributed by atoms with Crippen molar-refractivity contribution < 1.29 is 29.0 Å². The Bertz CT molecular complexity index is 1480. The topological polar surface area (TPSA) is 105 Å². The van der Waals surface area contributed by atoms with Gasteiger partial charge in [0.2, 0.25) is 0 Å². The Morgan fingerprint density at radius 3 is 2.62 bits per heavy atom. The number of benzene rings is 3. The number of ether oxygens (including phenoxy) is 2. The van der Waals surface area contributed by atoms with E-state index in [1.54, 1.807) is 18.2 Å². The average Bonchev–Trinajstić information content (AvgIpc) is 2.86. The zero-order chi connectivity index (χ0) is 26.7. The summed E-state index contributed by atoms with van der Waals surface area (Å²) >= 11 is 14.9. The predicted octanol–water partition coefficient (Wildman–Crippen LogP) is 5.22. The molecule has 0 saturated carbocycles. The summed E-state index contributed by atoms with van der Waals surface area (Å²) < 4.78 is 11.9. The summed E-state index contributed by atoms with van der Waals surface area (Å²) in [5.74, 6) is -1.78. The third-order valence-electron chi connectivity index (χ3n) is 5.35. The number of aromatic carboxylic acids is 1. The molecule has 0 spiro atoms. The Morgan fingerprint density at radius 2 is 1.92 bits per heavy atom. The molecule has 0 atom stereocenters. The predicted molar refractivity (Wildman–Crippen MR) is 146 cm³/mol. The van der Waals surface area contributed by atoms with Gasteiger partial charge < -0.3 is 14.6 Å². The van der Waals surface area contributed by atoms with Crippen molar-refractivity contribution in [1.29, 1.82) is 0 Å². The van der Waals surface area contributed by atoms with Crippen molar-refractivity contribution in [3.05, 3.63) is 92.4 Å². The molecule has 0 aliphatic carbocycles. The number of hydrogen-bond acceptors (Lipinski definition) is 6. The fraction of sp³-hybridized carbons (Fsp3) is 0.0769. The van der Waals surface area contributed by atoms with Gasteiger partial charge in [-0.3, -0.25) is 19.8 Å². The number of carboxylic acids is 1. The fourth-order valence-corrected chi connectivity index (χ4v) is 4.61. The van der Waals surface area contributed by atoms with Gasteiger partial charge in [-0.25, -0.2) is 4.79 Å². The summed E-state index contributed by atoms with van der Waals surface area (Å²) in [7, 11) is 1.47. The fourth-order valence-electron chi connectivity index (χ4n) is 3.57. The second-order valence-electron chi connectivity index (χ2n) is 7.73. The molecule has 2 N–H and O–H groups in total. The van der Waals surface area contributed by atoms with Crippen LogP contribution in [0.15, 0.2) is 70.7 Å². The van der Waals surface area contributed by atoms with E-state index in [2.05, 4.69) is 21.2 Å². The normalized spacial score (nSPS) is 14.5. The van der Waals surface area contributed by atoms with Gasteiger partial charge in [-0.15, -0.1) is 0 Å². The Hall–Kier alpha value is -3.73. The first-order chi connectivity index (χ1) is 17.7. The zero-order valence-electron chi connectivity index (χ0n) is 19.2. The monoisotopic (exact) mass is 600 g/mol. The number of hydrogen-bond donors (Lipinski definition) is 2. The highest BCUT2D eigenvalue weighted by atomic mass is 79.9. The molecule has 2 amide bonds. The van der Waals surface area contributed by atoms with Crippen LogP contribution in [0.5, 0.6) is 11.5 Å². The van der Waals surface area contributed by atoms with Gasteiger partial charge in [0.1, 0.15) is 12.2 Å². The lowest BCUT2D eigenvalue weighted by atomic mass is 10.1. The van der Waals surface area contributed by atoms with E-state index in [9.17, 15) is 19.5 Å². The number of nitrogens with one attached hydrogen (secondary N) is 1. The Morgan fingerprint density at radius 1 is 1.16 bits per heavy atom. The second-order valence-corrected chi connectivity index (χ2v) is 9.38. The largest absolute Gasteiger partial charge is 0.493 e. The van der Waals surface area contributed by atoms with Crippen molar-refractivity contribution in [2.24, 2.45) is 0 Å². The van der Waals surface area contributed by atoms with Gasteiger partial charge >= 0.3 is 5.97 Å². The number of methoxy groups -OCH3 is 1. The zero-order valence-corrected chi connectivity index (χ0v) is 22.3. The van der Waals surface area contributed by atoms with Crippen molar-refractivity contribution in [2.75, 3.05) is 12.0 Å². The molecule has 0 unspecified atom stereocenters. The van der Waals surface area contributed by atoms with Crippen molar-refractivity contribution in [3.8, 4) is 11.5 Å². The van der Waals surface area contributed by atoms with Crippen LogP contribution >= 0.6 is 39.7 Å². The Kier molecular flexibility index (Phi) is 7.91. The smallest absolute Gasteiger partial charge is 0.335 e. The number of carboxylic acid groups (broad SMARTS) is 1. The average molecular weight is 602 g/mol. The molecular weight excluding hydrogens is 584 g/mol. The van der Waals surface area contributed by atoms with Crippen molar-refractivity contribution >= 4 is 74.4 Å². The van der Waals surface area contributed by atoms with Gasteiger partial charge in [0.25, 0.3) is 11.8 Å². The highest BCUT2D eigenvalue weighted by Crippen LogP contribution is 2.38. The van der Waals surface area contributed by atoms with Gasteiger partial charge in [0.05, 0.1) is 22.8 Å². The van der Waals surface area contributed by atoms with Crippen LogP contribution < -0.4 is 19.7 Å². The highest BCUT2D eigenvalue weighted by molar-refractivity contribution is 9.10. The molecule has 1 fully saturated rings. The van der Waals surface area contributed by atoms with E-state index < -0.39 is 17.8 Å².